The third kappa shape index (κ3) is 1.61. The number of hydrogen-bond acceptors (Lipinski definition) is 2. The highest BCUT2D eigenvalue weighted by Gasteiger charge is 2.28. The van der Waals surface area contributed by atoms with Crippen molar-refractivity contribution in [2.75, 3.05) is 6.54 Å². The molecule has 2 N–H and O–H groups in total. The molecule has 0 saturated heterocycles. The van der Waals surface area contributed by atoms with Crippen LogP contribution in [0, 0.1) is 5.92 Å². The first-order valence-electron chi connectivity index (χ1n) is 5.57. The molecule has 14 heavy (non-hydrogen) atoms. The van der Waals surface area contributed by atoms with E-state index in [4.69, 9.17) is 5.73 Å². The summed E-state index contributed by atoms with van der Waals surface area (Å²) in [4.78, 5) is 3.18. The van der Waals surface area contributed by atoms with Crippen molar-refractivity contribution in [1.29, 1.82) is 0 Å². The highest BCUT2D eigenvalue weighted by atomic mass is 32.1. The third-order valence-corrected chi connectivity index (χ3v) is 4.81. The summed E-state index contributed by atoms with van der Waals surface area (Å²) in [6.45, 7) is 5.34. The first-order chi connectivity index (χ1) is 6.76. The van der Waals surface area contributed by atoms with Gasteiger partial charge in [0.2, 0.25) is 0 Å². The smallest absolute Gasteiger partial charge is 0.0114 e. The van der Waals surface area contributed by atoms with Crippen molar-refractivity contribution in [3.05, 3.63) is 21.4 Å². The van der Waals surface area contributed by atoms with E-state index < -0.39 is 0 Å². The summed E-state index contributed by atoms with van der Waals surface area (Å²) < 4.78 is 0. The average Bonchev–Trinajstić information content (AvgIpc) is 2.74. The van der Waals surface area contributed by atoms with Gasteiger partial charge in [-0.2, -0.15) is 0 Å². The molecule has 0 amide bonds. The summed E-state index contributed by atoms with van der Waals surface area (Å²) in [7, 11) is 0. The van der Waals surface area contributed by atoms with Gasteiger partial charge in [0.1, 0.15) is 0 Å². The molecule has 0 fully saturated rings. The lowest BCUT2D eigenvalue weighted by Crippen LogP contribution is -2.16. The Bertz CT molecular complexity index is 316. The van der Waals surface area contributed by atoms with Gasteiger partial charge in [-0.15, -0.1) is 11.3 Å². The van der Waals surface area contributed by atoms with Crippen molar-refractivity contribution in [3.8, 4) is 0 Å². The van der Waals surface area contributed by atoms with Crippen LogP contribution in [0.15, 0.2) is 6.07 Å². The third-order valence-electron chi connectivity index (χ3n) is 3.36. The van der Waals surface area contributed by atoms with Crippen LogP contribution in [0.4, 0.5) is 0 Å². The van der Waals surface area contributed by atoms with Crippen molar-refractivity contribution in [2.45, 2.75) is 39.0 Å². The predicted molar refractivity (Wildman–Crippen MR) is 63.0 cm³/mol. The van der Waals surface area contributed by atoms with E-state index in [0.717, 1.165) is 12.5 Å². The van der Waals surface area contributed by atoms with E-state index >= 15 is 0 Å². The number of nitrogens with two attached hydrogens (primary N) is 1. The lowest BCUT2D eigenvalue weighted by atomic mass is 9.93. The quantitative estimate of drug-likeness (QED) is 0.814. The molecule has 0 spiro atoms. The van der Waals surface area contributed by atoms with Crippen molar-refractivity contribution in [2.24, 2.45) is 11.7 Å². The van der Waals surface area contributed by atoms with Gasteiger partial charge in [-0.1, -0.05) is 13.8 Å². The largest absolute Gasteiger partial charge is 0.330 e. The Morgan fingerprint density at radius 1 is 1.64 bits per heavy atom. The molecule has 1 aromatic rings. The van der Waals surface area contributed by atoms with Gasteiger partial charge in [0.05, 0.1) is 0 Å². The SMILES string of the molecule is CCc1cc2c(s1)C(C(C)CN)CC2. The van der Waals surface area contributed by atoms with Crippen LogP contribution in [-0.4, -0.2) is 6.54 Å². The highest BCUT2D eigenvalue weighted by molar-refractivity contribution is 7.12. The zero-order valence-electron chi connectivity index (χ0n) is 9.05. The molecular formula is C12H19NS. The summed E-state index contributed by atoms with van der Waals surface area (Å²) >= 11 is 2.02. The minimum Gasteiger partial charge on any atom is -0.330 e. The van der Waals surface area contributed by atoms with Crippen LogP contribution in [0.25, 0.3) is 0 Å². The van der Waals surface area contributed by atoms with Crippen molar-refractivity contribution in [1.82, 2.24) is 0 Å². The lowest BCUT2D eigenvalue weighted by Gasteiger charge is -2.16. The normalized spacial score (nSPS) is 22.4. The molecule has 2 heteroatoms. The Balaban J connectivity index is 2.24. The molecular weight excluding hydrogens is 190 g/mol. The van der Waals surface area contributed by atoms with Crippen molar-refractivity contribution < 1.29 is 0 Å². The van der Waals surface area contributed by atoms with Gasteiger partial charge in [0, 0.05) is 9.75 Å². The van der Waals surface area contributed by atoms with E-state index in [1.54, 1.807) is 15.3 Å². The lowest BCUT2D eigenvalue weighted by molar-refractivity contribution is 0.470. The standard InChI is InChI=1S/C12H19NS/c1-3-10-6-9-4-5-11(8(2)7-13)12(9)14-10/h6,8,11H,3-5,7,13H2,1-2H3. The zero-order chi connectivity index (χ0) is 10.1. The van der Waals surface area contributed by atoms with E-state index in [0.29, 0.717) is 5.92 Å². The zero-order valence-corrected chi connectivity index (χ0v) is 9.86. The summed E-state index contributed by atoms with van der Waals surface area (Å²) in [6, 6.07) is 2.41. The van der Waals surface area contributed by atoms with Gasteiger partial charge < -0.3 is 5.73 Å². The average molecular weight is 209 g/mol. The number of fused-ring (bicyclic) bond motifs is 1. The van der Waals surface area contributed by atoms with Gasteiger partial charge in [-0.05, 0) is 49.3 Å². The number of rotatable bonds is 3. The minimum absolute atomic E-state index is 0.652. The van der Waals surface area contributed by atoms with Gasteiger partial charge >= 0.3 is 0 Å². The van der Waals surface area contributed by atoms with Crippen LogP contribution in [-0.2, 0) is 12.8 Å². The Hall–Kier alpha value is -0.340. The molecule has 1 aromatic heterocycles. The fourth-order valence-corrected chi connectivity index (χ4v) is 3.76. The molecule has 1 aliphatic carbocycles. The molecule has 1 aliphatic rings. The molecule has 2 unspecified atom stereocenters. The number of aryl methyl sites for hydroxylation is 2. The minimum atomic E-state index is 0.652. The van der Waals surface area contributed by atoms with E-state index in [2.05, 4.69) is 19.9 Å². The Labute approximate surface area is 90.3 Å². The van der Waals surface area contributed by atoms with Gasteiger partial charge in [-0.3, -0.25) is 0 Å². The molecule has 78 valence electrons. The maximum Gasteiger partial charge on any atom is 0.0114 e. The van der Waals surface area contributed by atoms with E-state index in [1.807, 2.05) is 11.3 Å². The molecule has 1 heterocycles. The van der Waals surface area contributed by atoms with Crippen LogP contribution in [0.5, 0.6) is 0 Å². The second-order valence-corrected chi connectivity index (χ2v) is 5.48. The van der Waals surface area contributed by atoms with Crippen LogP contribution in [0.2, 0.25) is 0 Å². The summed E-state index contributed by atoms with van der Waals surface area (Å²) in [5, 5.41) is 0. The molecule has 0 aliphatic heterocycles. The fraction of sp³-hybridized carbons (Fsp3) is 0.667. The van der Waals surface area contributed by atoms with Gasteiger partial charge in [0.25, 0.3) is 0 Å². The summed E-state index contributed by atoms with van der Waals surface area (Å²) in [5.74, 6) is 1.40. The van der Waals surface area contributed by atoms with Crippen molar-refractivity contribution in [3.63, 3.8) is 0 Å². The summed E-state index contributed by atoms with van der Waals surface area (Å²) in [6.07, 6.45) is 3.78. The van der Waals surface area contributed by atoms with Gasteiger partial charge in [0.15, 0.2) is 0 Å². The first-order valence-corrected chi connectivity index (χ1v) is 6.39. The van der Waals surface area contributed by atoms with E-state index in [1.165, 1.54) is 19.3 Å². The number of thiophene rings is 1. The van der Waals surface area contributed by atoms with E-state index in [-0.39, 0.29) is 0 Å². The molecule has 0 bridgehead atoms. The monoisotopic (exact) mass is 209 g/mol. The summed E-state index contributed by atoms with van der Waals surface area (Å²) in [5.41, 5.74) is 7.36. The van der Waals surface area contributed by atoms with Crippen LogP contribution in [0.3, 0.4) is 0 Å². The molecule has 0 aromatic carbocycles. The molecule has 2 rings (SSSR count). The highest BCUT2D eigenvalue weighted by Crippen LogP contribution is 2.43. The molecule has 0 saturated carbocycles. The fourth-order valence-electron chi connectivity index (χ4n) is 2.33. The Kier molecular flexibility index (Phi) is 2.93. The topological polar surface area (TPSA) is 26.0 Å². The molecule has 2 atom stereocenters. The second-order valence-electron chi connectivity index (χ2n) is 4.31. The Morgan fingerprint density at radius 2 is 2.43 bits per heavy atom. The first kappa shape index (κ1) is 10.2. The predicted octanol–water partition coefficient (Wildman–Crippen LogP) is 2.94. The molecule has 0 radical (unpaired) electrons. The second kappa shape index (κ2) is 4.03. The van der Waals surface area contributed by atoms with Gasteiger partial charge in [-0.25, -0.2) is 0 Å². The van der Waals surface area contributed by atoms with Crippen LogP contribution in [0.1, 0.15) is 41.5 Å². The van der Waals surface area contributed by atoms with Crippen LogP contribution >= 0.6 is 11.3 Å². The van der Waals surface area contributed by atoms with Crippen LogP contribution < -0.4 is 5.73 Å². The number of hydrogen-bond donors (Lipinski definition) is 1. The van der Waals surface area contributed by atoms with Crippen molar-refractivity contribution >= 4 is 11.3 Å². The molecule has 1 nitrogen and oxygen atoms in total. The van der Waals surface area contributed by atoms with E-state index in [9.17, 15) is 0 Å². The maximum atomic E-state index is 5.75. The Morgan fingerprint density at radius 3 is 3.07 bits per heavy atom. The maximum absolute atomic E-state index is 5.75.